The van der Waals surface area contributed by atoms with Crippen LogP contribution < -0.4 is 10.6 Å². The van der Waals surface area contributed by atoms with E-state index < -0.39 is 5.97 Å². The molecule has 0 saturated carbocycles. The summed E-state index contributed by atoms with van der Waals surface area (Å²) in [5.41, 5.74) is -0.126. The minimum absolute atomic E-state index is 0.126. The highest BCUT2D eigenvalue weighted by molar-refractivity contribution is 5.84. The lowest BCUT2D eigenvalue weighted by molar-refractivity contribution is -0.120. The SMILES string of the molecule is CC(C)(C)NCC(=O)NCc1ccc(C(=O)O)o1. The lowest BCUT2D eigenvalue weighted by Gasteiger charge is -2.19. The quantitative estimate of drug-likeness (QED) is 0.728. The van der Waals surface area contributed by atoms with Crippen molar-refractivity contribution in [2.75, 3.05) is 6.54 Å². The van der Waals surface area contributed by atoms with Crippen LogP contribution in [0.15, 0.2) is 16.5 Å². The van der Waals surface area contributed by atoms with E-state index in [2.05, 4.69) is 10.6 Å². The van der Waals surface area contributed by atoms with Gasteiger partial charge in [0, 0.05) is 5.54 Å². The molecule has 0 bridgehead atoms. The Hall–Kier alpha value is -1.82. The van der Waals surface area contributed by atoms with E-state index in [1.807, 2.05) is 20.8 Å². The zero-order chi connectivity index (χ0) is 13.8. The summed E-state index contributed by atoms with van der Waals surface area (Å²) in [6.07, 6.45) is 0. The van der Waals surface area contributed by atoms with Crippen molar-refractivity contribution in [1.82, 2.24) is 10.6 Å². The van der Waals surface area contributed by atoms with Gasteiger partial charge in [-0.1, -0.05) is 0 Å². The highest BCUT2D eigenvalue weighted by atomic mass is 16.4. The highest BCUT2D eigenvalue weighted by Gasteiger charge is 2.12. The minimum atomic E-state index is -1.12. The van der Waals surface area contributed by atoms with Crippen molar-refractivity contribution in [3.05, 3.63) is 23.7 Å². The van der Waals surface area contributed by atoms with Crippen molar-refractivity contribution in [3.8, 4) is 0 Å². The van der Waals surface area contributed by atoms with Crippen LogP contribution in [0.5, 0.6) is 0 Å². The van der Waals surface area contributed by atoms with E-state index in [-0.39, 0.29) is 30.3 Å². The number of carboxylic acids is 1. The first-order chi connectivity index (χ1) is 8.28. The van der Waals surface area contributed by atoms with Gasteiger partial charge >= 0.3 is 5.97 Å². The average Bonchev–Trinajstić information content (AvgIpc) is 2.71. The maximum atomic E-state index is 11.5. The van der Waals surface area contributed by atoms with Crippen molar-refractivity contribution in [2.24, 2.45) is 0 Å². The Kier molecular flexibility index (Phi) is 4.49. The first-order valence-corrected chi connectivity index (χ1v) is 5.62. The molecule has 0 aliphatic rings. The largest absolute Gasteiger partial charge is 0.475 e. The Balaban J connectivity index is 2.36. The Bertz CT molecular complexity index is 432. The van der Waals surface area contributed by atoms with Crippen LogP contribution in [0.2, 0.25) is 0 Å². The van der Waals surface area contributed by atoms with Crippen LogP contribution in [-0.4, -0.2) is 29.1 Å². The Morgan fingerprint density at radius 1 is 1.33 bits per heavy atom. The molecule has 3 N–H and O–H groups in total. The summed E-state index contributed by atoms with van der Waals surface area (Å²) in [6, 6.07) is 2.89. The Morgan fingerprint density at radius 3 is 2.50 bits per heavy atom. The number of carbonyl (C=O) groups excluding carboxylic acids is 1. The molecule has 0 aliphatic carbocycles. The number of hydrogen-bond acceptors (Lipinski definition) is 4. The standard InChI is InChI=1S/C12H18N2O4/c1-12(2,3)14-7-10(15)13-6-8-4-5-9(18-8)11(16)17/h4-5,14H,6-7H2,1-3H3,(H,13,15)(H,16,17). The van der Waals surface area contributed by atoms with E-state index in [0.717, 1.165) is 0 Å². The zero-order valence-corrected chi connectivity index (χ0v) is 10.7. The normalized spacial score (nSPS) is 11.3. The van der Waals surface area contributed by atoms with E-state index in [4.69, 9.17) is 9.52 Å². The summed E-state index contributed by atoms with van der Waals surface area (Å²) in [5, 5.41) is 14.3. The monoisotopic (exact) mass is 254 g/mol. The Morgan fingerprint density at radius 2 is 2.00 bits per heavy atom. The van der Waals surface area contributed by atoms with Gasteiger partial charge in [-0.05, 0) is 32.9 Å². The molecule has 0 aliphatic heterocycles. The molecule has 0 unspecified atom stereocenters. The number of furan rings is 1. The van der Waals surface area contributed by atoms with Crippen molar-refractivity contribution in [3.63, 3.8) is 0 Å². The zero-order valence-electron chi connectivity index (χ0n) is 10.7. The first-order valence-electron chi connectivity index (χ1n) is 5.62. The molecule has 1 rings (SSSR count). The predicted octanol–water partition coefficient (Wildman–Crippen LogP) is 0.982. The molecule has 1 aromatic rings. The molecule has 0 atom stereocenters. The van der Waals surface area contributed by atoms with Crippen LogP contribution >= 0.6 is 0 Å². The van der Waals surface area contributed by atoms with Gasteiger partial charge in [-0.2, -0.15) is 0 Å². The average molecular weight is 254 g/mol. The summed E-state index contributed by atoms with van der Waals surface area (Å²) in [7, 11) is 0. The number of rotatable bonds is 5. The summed E-state index contributed by atoms with van der Waals surface area (Å²) in [5.74, 6) is -1.01. The number of carbonyl (C=O) groups is 2. The predicted molar refractivity (Wildman–Crippen MR) is 65.3 cm³/mol. The Labute approximate surface area is 105 Å². The van der Waals surface area contributed by atoms with Gasteiger partial charge in [0.15, 0.2) is 0 Å². The molecule has 18 heavy (non-hydrogen) atoms. The van der Waals surface area contributed by atoms with Crippen LogP contribution in [0, 0.1) is 0 Å². The smallest absolute Gasteiger partial charge is 0.371 e. The van der Waals surface area contributed by atoms with Crippen molar-refractivity contribution in [2.45, 2.75) is 32.9 Å². The van der Waals surface area contributed by atoms with Gasteiger partial charge in [0.25, 0.3) is 0 Å². The lowest BCUT2D eigenvalue weighted by Crippen LogP contribution is -2.43. The molecule has 6 heteroatoms. The van der Waals surface area contributed by atoms with Crippen LogP contribution in [0.3, 0.4) is 0 Å². The minimum Gasteiger partial charge on any atom is -0.475 e. The van der Waals surface area contributed by atoms with Crippen LogP contribution in [0.4, 0.5) is 0 Å². The van der Waals surface area contributed by atoms with E-state index in [1.165, 1.54) is 12.1 Å². The topological polar surface area (TPSA) is 91.6 Å². The molecular formula is C12H18N2O4. The van der Waals surface area contributed by atoms with E-state index in [9.17, 15) is 9.59 Å². The molecule has 1 aromatic heterocycles. The molecule has 0 aromatic carbocycles. The molecule has 0 radical (unpaired) electrons. The maximum Gasteiger partial charge on any atom is 0.371 e. The van der Waals surface area contributed by atoms with Gasteiger partial charge in [0.1, 0.15) is 5.76 Å². The molecule has 1 heterocycles. The molecular weight excluding hydrogens is 236 g/mol. The van der Waals surface area contributed by atoms with Crippen LogP contribution in [0.1, 0.15) is 37.1 Å². The molecule has 0 fully saturated rings. The summed E-state index contributed by atoms with van der Waals surface area (Å²) >= 11 is 0. The number of nitrogens with one attached hydrogen (secondary N) is 2. The second-order valence-corrected chi connectivity index (χ2v) is 4.95. The second-order valence-electron chi connectivity index (χ2n) is 4.95. The second kappa shape index (κ2) is 5.68. The fraction of sp³-hybridized carbons (Fsp3) is 0.500. The summed E-state index contributed by atoms with van der Waals surface area (Å²) in [4.78, 5) is 22.0. The van der Waals surface area contributed by atoms with E-state index in [0.29, 0.717) is 5.76 Å². The van der Waals surface area contributed by atoms with Crippen molar-refractivity contribution >= 4 is 11.9 Å². The summed E-state index contributed by atoms with van der Waals surface area (Å²) < 4.78 is 5.01. The van der Waals surface area contributed by atoms with E-state index >= 15 is 0 Å². The number of hydrogen-bond donors (Lipinski definition) is 3. The summed E-state index contributed by atoms with van der Waals surface area (Å²) in [6.45, 7) is 6.28. The van der Waals surface area contributed by atoms with Crippen molar-refractivity contribution < 1.29 is 19.1 Å². The highest BCUT2D eigenvalue weighted by Crippen LogP contribution is 2.07. The van der Waals surface area contributed by atoms with Crippen LogP contribution in [0.25, 0.3) is 0 Å². The number of amides is 1. The number of carboxylic acid groups (broad SMARTS) is 1. The molecule has 6 nitrogen and oxygen atoms in total. The van der Waals surface area contributed by atoms with Gasteiger partial charge in [0.05, 0.1) is 13.1 Å². The molecule has 0 saturated heterocycles. The molecule has 100 valence electrons. The fourth-order valence-electron chi connectivity index (χ4n) is 1.18. The molecule has 0 spiro atoms. The van der Waals surface area contributed by atoms with Gasteiger partial charge in [-0.25, -0.2) is 4.79 Å². The first kappa shape index (κ1) is 14.2. The van der Waals surface area contributed by atoms with E-state index in [1.54, 1.807) is 0 Å². The van der Waals surface area contributed by atoms with Crippen molar-refractivity contribution in [1.29, 1.82) is 0 Å². The van der Waals surface area contributed by atoms with Gasteiger partial charge in [0.2, 0.25) is 11.7 Å². The van der Waals surface area contributed by atoms with Gasteiger partial charge < -0.3 is 20.2 Å². The molecule has 1 amide bonds. The number of aromatic carboxylic acids is 1. The third-order valence-electron chi connectivity index (χ3n) is 2.11. The van der Waals surface area contributed by atoms with Gasteiger partial charge in [-0.3, -0.25) is 4.79 Å². The maximum absolute atomic E-state index is 11.5. The van der Waals surface area contributed by atoms with Crippen LogP contribution in [-0.2, 0) is 11.3 Å². The van der Waals surface area contributed by atoms with Gasteiger partial charge in [-0.15, -0.1) is 0 Å². The third-order valence-corrected chi connectivity index (χ3v) is 2.11. The lowest BCUT2D eigenvalue weighted by atomic mass is 10.1. The fourth-order valence-corrected chi connectivity index (χ4v) is 1.18. The third kappa shape index (κ3) is 5.01.